The summed E-state index contributed by atoms with van der Waals surface area (Å²) in [7, 11) is 3.99. The Labute approximate surface area is 213 Å². The van der Waals surface area contributed by atoms with Gasteiger partial charge in [0.2, 0.25) is 5.91 Å². The van der Waals surface area contributed by atoms with Gasteiger partial charge in [0.1, 0.15) is 11.5 Å². The van der Waals surface area contributed by atoms with Gasteiger partial charge in [0.25, 0.3) is 0 Å². The molecule has 0 aliphatic heterocycles. The predicted molar refractivity (Wildman–Crippen MR) is 143 cm³/mol. The summed E-state index contributed by atoms with van der Waals surface area (Å²) in [5.41, 5.74) is 2.02. The van der Waals surface area contributed by atoms with Gasteiger partial charge in [-0.05, 0) is 73.6 Å². The minimum atomic E-state index is -0.919. The summed E-state index contributed by atoms with van der Waals surface area (Å²) < 4.78 is 5.79. The summed E-state index contributed by atoms with van der Waals surface area (Å²) in [4.78, 5) is 27.9. The van der Waals surface area contributed by atoms with Gasteiger partial charge in [0.15, 0.2) is 0 Å². The first-order valence-corrected chi connectivity index (χ1v) is 11.9. The van der Waals surface area contributed by atoms with Gasteiger partial charge in [-0.25, -0.2) is 4.79 Å². The lowest BCUT2D eigenvalue weighted by molar-refractivity contribution is -0.117. The number of para-hydroxylation sites is 1. The lowest BCUT2D eigenvalue weighted by Gasteiger charge is -2.34. The molecule has 3 aromatic rings. The number of nitrogens with zero attached hydrogens (tertiary/aromatic N) is 2. The highest BCUT2D eigenvalue weighted by atomic mass is 16.5. The van der Waals surface area contributed by atoms with Crippen LogP contribution in [0.4, 0.5) is 5.69 Å². The van der Waals surface area contributed by atoms with Gasteiger partial charge in [-0.2, -0.15) is 0 Å². The maximum Gasteiger partial charge on any atom is 0.335 e. The van der Waals surface area contributed by atoms with Gasteiger partial charge in [0.05, 0.1) is 12.1 Å². The van der Waals surface area contributed by atoms with Crippen LogP contribution in [0.25, 0.3) is 0 Å². The van der Waals surface area contributed by atoms with E-state index in [-0.39, 0.29) is 23.4 Å². The molecule has 7 nitrogen and oxygen atoms in total. The van der Waals surface area contributed by atoms with Crippen LogP contribution >= 0.6 is 0 Å². The van der Waals surface area contributed by atoms with Crippen molar-refractivity contribution < 1.29 is 19.4 Å². The van der Waals surface area contributed by atoms with Gasteiger partial charge in [0, 0.05) is 25.3 Å². The molecule has 0 spiro atoms. The highest BCUT2D eigenvalue weighted by Crippen LogP contribution is 2.23. The van der Waals surface area contributed by atoms with Crippen molar-refractivity contribution in [2.45, 2.75) is 20.4 Å². The largest absolute Gasteiger partial charge is 0.478 e. The zero-order chi connectivity index (χ0) is 26.1. The monoisotopic (exact) mass is 489 g/mol. The third kappa shape index (κ3) is 8.83. The zero-order valence-electron chi connectivity index (χ0n) is 21.4. The fourth-order valence-electron chi connectivity index (χ4n) is 4.36. The molecule has 0 saturated carbocycles. The molecule has 1 amide bonds. The molecule has 0 bridgehead atoms. The lowest BCUT2D eigenvalue weighted by Crippen LogP contribution is -2.42. The molecular formula is C29H35N3O4. The number of ether oxygens (including phenoxy) is 1. The first-order chi connectivity index (χ1) is 17.1. The fraction of sp³-hybridized carbons (Fsp3) is 0.310. The molecule has 3 aromatic carbocycles. The van der Waals surface area contributed by atoms with Gasteiger partial charge >= 0.3 is 5.97 Å². The van der Waals surface area contributed by atoms with Gasteiger partial charge < -0.3 is 20.1 Å². The third-order valence-electron chi connectivity index (χ3n) is 5.58. The normalized spacial score (nSPS) is 11.5. The van der Waals surface area contributed by atoms with E-state index in [4.69, 9.17) is 9.84 Å². The molecule has 7 heteroatoms. The molecule has 0 aliphatic rings. The molecule has 2 N–H and O–H groups in total. The Morgan fingerprint density at radius 3 is 2.03 bits per heavy atom. The third-order valence-corrected chi connectivity index (χ3v) is 5.58. The Morgan fingerprint density at radius 2 is 1.42 bits per heavy atom. The molecule has 0 saturated heterocycles. The Balaban J connectivity index is 1.43. The summed E-state index contributed by atoms with van der Waals surface area (Å²) in [6.45, 7) is 6.92. The van der Waals surface area contributed by atoms with Crippen LogP contribution in [0.1, 0.15) is 29.8 Å². The summed E-state index contributed by atoms with van der Waals surface area (Å²) in [6, 6.07) is 23.9. The van der Waals surface area contributed by atoms with Crippen molar-refractivity contribution in [2.24, 2.45) is 5.41 Å². The summed E-state index contributed by atoms with van der Waals surface area (Å²) in [5, 5.41) is 12.0. The molecule has 0 atom stereocenters. The molecule has 190 valence electrons. The van der Waals surface area contributed by atoms with Crippen LogP contribution in [-0.2, 0) is 11.3 Å². The van der Waals surface area contributed by atoms with Gasteiger partial charge in [-0.15, -0.1) is 0 Å². The van der Waals surface area contributed by atoms with E-state index in [2.05, 4.69) is 24.1 Å². The smallest absolute Gasteiger partial charge is 0.335 e. The Bertz CT molecular complexity index is 1130. The number of anilines is 1. The maximum atomic E-state index is 12.6. The number of hydrogen-bond acceptors (Lipinski definition) is 5. The summed E-state index contributed by atoms with van der Waals surface area (Å²) in [5.74, 6) is 0.481. The summed E-state index contributed by atoms with van der Waals surface area (Å²) in [6.07, 6.45) is 0. The van der Waals surface area contributed by atoms with Crippen molar-refractivity contribution in [3.05, 3.63) is 90.0 Å². The molecule has 36 heavy (non-hydrogen) atoms. The number of carbonyl (C=O) groups excluding carboxylic acids is 1. The summed E-state index contributed by atoms with van der Waals surface area (Å²) >= 11 is 0. The average Bonchev–Trinajstić information content (AvgIpc) is 2.80. The van der Waals surface area contributed by atoms with E-state index >= 15 is 0 Å². The van der Waals surface area contributed by atoms with Crippen LogP contribution in [0.15, 0.2) is 78.9 Å². The molecular weight excluding hydrogens is 454 g/mol. The average molecular weight is 490 g/mol. The Morgan fingerprint density at radius 1 is 0.833 bits per heavy atom. The van der Waals surface area contributed by atoms with Gasteiger partial charge in [-0.1, -0.05) is 44.2 Å². The zero-order valence-corrected chi connectivity index (χ0v) is 21.4. The van der Waals surface area contributed by atoms with Crippen molar-refractivity contribution in [1.29, 1.82) is 0 Å². The molecule has 0 aliphatic carbocycles. The topological polar surface area (TPSA) is 82.1 Å². The van der Waals surface area contributed by atoms with Crippen molar-refractivity contribution >= 4 is 17.6 Å². The first-order valence-electron chi connectivity index (χ1n) is 11.9. The highest BCUT2D eigenvalue weighted by Gasteiger charge is 2.23. The second-order valence-corrected chi connectivity index (χ2v) is 10.00. The molecule has 0 unspecified atom stereocenters. The Kier molecular flexibility index (Phi) is 9.22. The number of aromatic carboxylic acids is 1. The van der Waals surface area contributed by atoms with Crippen molar-refractivity contribution in [3.8, 4) is 11.5 Å². The van der Waals surface area contributed by atoms with E-state index in [0.29, 0.717) is 5.75 Å². The SMILES string of the molecule is CN(CC(=O)Nc1ccc(Oc2ccccc2)cc1)CC(C)(C)CN(C)Cc1ccc(C(=O)O)cc1. The first kappa shape index (κ1) is 26.9. The van der Waals surface area contributed by atoms with Crippen LogP contribution in [-0.4, -0.2) is 60.5 Å². The molecule has 0 fully saturated rings. The van der Waals surface area contributed by atoms with E-state index in [1.165, 1.54) is 0 Å². The van der Waals surface area contributed by atoms with Gasteiger partial charge in [-0.3, -0.25) is 9.69 Å². The number of hydrogen-bond donors (Lipinski definition) is 2. The van der Waals surface area contributed by atoms with E-state index < -0.39 is 5.97 Å². The quantitative estimate of drug-likeness (QED) is 0.364. The van der Waals surface area contributed by atoms with Crippen molar-refractivity contribution in [1.82, 2.24) is 9.80 Å². The van der Waals surface area contributed by atoms with Crippen LogP contribution in [0.5, 0.6) is 11.5 Å². The molecule has 0 aromatic heterocycles. The Hall–Kier alpha value is -3.68. The predicted octanol–water partition coefficient (Wildman–Crippen LogP) is 5.21. The van der Waals surface area contributed by atoms with Crippen LogP contribution in [0, 0.1) is 5.41 Å². The van der Waals surface area contributed by atoms with Crippen molar-refractivity contribution in [3.63, 3.8) is 0 Å². The highest BCUT2D eigenvalue weighted by molar-refractivity contribution is 5.92. The van der Waals surface area contributed by atoms with Crippen LogP contribution in [0.2, 0.25) is 0 Å². The molecule has 0 radical (unpaired) electrons. The number of carboxylic acid groups (broad SMARTS) is 1. The van der Waals surface area contributed by atoms with E-state index in [1.807, 2.05) is 85.7 Å². The second kappa shape index (κ2) is 12.3. The fourth-order valence-corrected chi connectivity index (χ4v) is 4.36. The van der Waals surface area contributed by atoms with Crippen molar-refractivity contribution in [2.75, 3.05) is 39.0 Å². The lowest BCUT2D eigenvalue weighted by atomic mass is 9.92. The number of likely N-dealkylation sites (N-methyl/N-ethyl adjacent to an activating group) is 1. The number of benzene rings is 3. The number of nitrogens with one attached hydrogen (secondary N) is 1. The molecule has 3 rings (SSSR count). The number of carboxylic acids is 1. The number of amides is 1. The van der Waals surface area contributed by atoms with Crippen LogP contribution in [0.3, 0.4) is 0 Å². The number of rotatable bonds is 12. The minimum absolute atomic E-state index is 0.0544. The van der Waals surface area contributed by atoms with E-state index in [9.17, 15) is 9.59 Å². The van der Waals surface area contributed by atoms with E-state index in [0.717, 1.165) is 36.6 Å². The molecule has 0 heterocycles. The van der Waals surface area contributed by atoms with E-state index in [1.54, 1.807) is 12.1 Å². The minimum Gasteiger partial charge on any atom is -0.478 e. The number of carbonyl (C=O) groups is 2. The second-order valence-electron chi connectivity index (χ2n) is 10.00. The maximum absolute atomic E-state index is 12.6. The van der Waals surface area contributed by atoms with Crippen LogP contribution < -0.4 is 10.1 Å². The standard InChI is InChI=1S/C29H35N3O4/c1-29(2,20-31(3)18-22-10-12-23(13-11-22)28(34)35)21-32(4)19-27(33)30-24-14-16-26(17-15-24)36-25-8-6-5-7-9-25/h5-17H,18-21H2,1-4H3,(H,30,33)(H,34,35).